The van der Waals surface area contributed by atoms with Crippen molar-refractivity contribution in [3.63, 3.8) is 0 Å². The van der Waals surface area contributed by atoms with Gasteiger partial charge < -0.3 is 10.4 Å². The van der Waals surface area contributed by atoms with Crippen molar-refractivity contribution in [1.82, 2.24) is 9.78 Å². The standard InChI is InChI=1S/C13H10F3N3O3/c1-19-10(12(21)22)7(6-17-19)11(20)18-9-5-3-2-4-8(9)13(14,15)16/h2-6H,1H3,(H,18,20)(H,21,22). The average molecular weight is 313 g/mol. The number of nitrogens with one attached hydrogen (secondary N) is 1. The lowest BCUT2D eigenvalue weighted by Gasteiger charge is -2.13. The fourth-order valence-corrected chi connectivity index (χ4v) is 1.89. The number of rotatable bonds is 3. The molecule has 1 aromatic carbocycles. The molecule has 9 heteroatoms. The number of carboxylic acids is 1. The van der Waals surface area contributed by atoms with Crippen molar-refractivity contribution in [2.24, 2.45) is 7.05 Å². The molecule has 0 atom stereocenters. The minimum Gasteiger partial charge on any atom is -0.477 e. The number of carbonyl (C=O) groups excluding carboxylic acids is 1. The van der Waals surface area contributed by atoms with Crippen LogP contribution in [0.25, 0.3) is 0 Å². The highest BCUT2D eigenvalue weighted by Crippen LogP contribution is 2.34. The second-order valence-electron chi connectivity index (χ2n) is 4.33. The van der Waals surface area contributed by atoms with Crippen molar-refractivity contribution < 1.29 is 27.9 Å². The van der Waals surface area contributed by atoms with E-state index >= 15 is 0 Å². The number of hydrogen-bond acceptors (Lipinski definition) is 3. The Kier molecular flexibility index (Phi) is 3.89. The number of aromatic carboxylic acids is 1. The fourth-order valence-electron chi connectivity index (χ4n) is 1.89. The second-order valence-corrected chi connectivity index (χ2v) is 4.33. The van der Waals surface area contributed by atoms with Gasteiger partial charge in [-0.25, -0.2) is 4.79 Å². The van der Waals surface area contributed by atoms with E-state index in [4.69, 9.17) is 5.11 Å². The van der Waals surface area contributed by atoms with E-state index in [0.29, 0.717) is 0 Å². The number of alkyl halides is 3. The third-order valence-electron chi connectivity index (χ3n) is 2.87. The van der Waals surface area contributed by atoms with Crippen LogP contribution in [0, 0.1) is 0 Å². The number of aromatic nitrogens is 2. The van der Waals surface area contributed by atoms with Crippen molar-refractivity contribution in [3.05, 3.63) is 47.3 Å². The molecule has 6 nitrogen and oxygen atoms in total. The van der Waals surface area contributed by atoms with E-state index in [9.17, 15) is 22.8 Å². The highest BCUT2D eigenvalue weighted by Gasteiger charge is 2.34. The van der Waals surface area contributed by atoms with Crippen LogP contribution < -0.4 is 5.32 Å². The van der Waals surface area contributed by atoms with Gasteiger partial charge in [0.05, 0.1) is 23.0 Å². The molecule has 0 spiro atoms. The molecule has 2 rings (SSSR count). The summed E-state index contributed by atoms with van der Waals surface area (Å²) in [5.74, 6) is -2.39. The van der Waals surface area contributed by atoms with Gasteiger partial charge in [0.25, 0.3) is 5.91 Å². The summed E-state index contributed by atoms with van der Waals surface area (Å²) in [7, 11) is 1.31. The van der Waals surface area contributed by atoms with Gasteiger partial charge in [-0.1, -0.05) is 12.1 Å². The topological polar surface area (TPSA) is 84.2 Å². The van der Waals surface area contributed by atoms with Crippen molar-refractivity contribution in [3.8, 4) is 0 Å². The summed E-state index contributed by atoms with van der Waals surface area (Å²) in [5.41, 5.74) is -2.22. The van der Waals surface area contributed by atoms with Crippen LogP contribution in [0.15, 0.2) is 30.5 Å². The maximum absolute atomic E-state index is 12.9. The first-order valence-electron chi connectivity index (χ1n) is 5.94. The first-order valence-corrected chi connectivity index (χ1v) is 5.94. The average Bonchev–Trinajstić information content (AvgIpc) is 2.80. The van der Waals surface area contributed by atoms with E-state index in [0.717, 1.165) is 23.0 Å². The fraction of sp³-hybridized carbons (Fsp3) is 0.154. The number of aryl methyl sites for hydroxylation is 1. The summed E-state index contributed by atoms with van der Waals surface area (Å²) in [6.45, 7) is 0. The Bertz CT molecular complexity index is 738. The predicted molar refractivity (Wildman–Crippen MR) is 69.6 cm³/mol. The van der Waals surface area contributed by atoms with Crippen LogP contribution in [0.3, 0.4) is 0 Å². The minimum absolute atomic E-state index is 0.327. The predicted octanol–water partition coefficient (Wildman–Crippen LogP) is 2.39. The molecular formula is C13H10F3N3O3. The van der Waals surface area contributed by atoms with Gasteiger partial charge in [-0.15, -0.1) is 0 Å². The molecule has 0 aliphatic carbocycles. The van der Waals surface area contributed by atoms with Gasteiger partial charge in [-0.2, -0.15) is 18.3 Å². The quantitative estimate of drug-likeness (QED) is 0.911. The molecule has 0 bridgehead atoms. The van der Waals surface area contributed by atoms with Gasteiger partial charge >= 0.3 is 12.1 Å². The van der Waals surface area contributed by atoms with Crippen molar-refractivity contribution in [2.75, 3.05) is 5.32 Å². The number of nitrogens with zero attached hydrogens (tertiary/aromatic N) is 2. The van der Waals surface area contributed by atoms with Crippen LogP contribution in [0.2, 0.25) is 0 Å². The Balaban J connectivity index is 2.37. The molecule has 0 saturated heterocycles. The number of hydrogen-bond donors (Lipinski definition) is 2. The molecule has 0 unspecified atom stereocenters. The molecular weight excluding hydrogens is 303 g/mol. The van der Waals surface area contributed by atoms with Crippen LogP contribution in [-0.2, 0) is 13.2 Å². The normalized spacial score (nSPS) is 11.3. The van der Waals surface area contributed by atoms with Gasteiger partial charge in [0, 0.05) is 7.05 Å². The van der Waals surface area contributed by atoms with Gasteiger partial charge in [0.2, 0.25) is 0 Å². The van der Waals surface area contributed by atoms with Gasteiger partial charge in [-0.3, -0.25) is 9.48 Å². The Morgan fingerprint density at radius 3 is 2.50 bits per heavy atom. The molecule has 1 amide bonds. The van der Waals surface area contributed by atoms with Crippen LogP contribution in [0.5, 0.6) is 0 Å². The van der Waals surface area contributed by atoms with E-state index in [1.807, 2.05) is 0 Å². The lowest BCUT2D eigenvalue weighted by Crippen LogP contribution is -2.19. The zero-order chi connectivity index (χ0) is 16.5. The number of para-hydroxylation sites is 1. The van der Waals surface area contributed by atoms with Gasteiger partial charge in [0.1, 0.15) is 0 Å². The number of amides is 1. The van der Waals surface area contributed by atoms with E-state index in [1.165, 1.54) is 19.2 Å². The molecule has 0 radical (unpaired) electrons. The van der Waals surface area contributed by atoms with Crippen molar-refractivity contribution in [2.45, 2.75) is 6.18 Å². The molecule has 0 aliphatic rings. The summed E-state index contributed by atoms with van der Waals surface area (Å²) in [6.07, 6.45) is -3.66. The summed E-state index contributed by atoms with van der Waals surface area (Å²) in [6, 6.07) is 4.41. The number of halogens is 3. The summed E-state index contributed by atoms with van der Waals surface area (Å²) < 4.78 is 39.5. The number of anilines is 1. The Hall–Kier alpha value is -2.84. The summed E-state index contributed by atoms with van der Waals surface area (Å²) in [4.78, 5) is 23.1. The summed E-state index contributed by atoms with van der Waals surface area (Å²) in [5, 5.41) is 14.7. The Morgan fingerprint density at radius 2 is 1.91 bits per heavy atom. The summed E-state index contributed by atoms with van der Waals surface area (Å²) >= 11 is 0. The van der Waals surface area contributed by atoms with E-state index in [2.05, 4.69) is 10.4 Å². The highest BCUT2D eigenvalue weighted by atomic mass is 19.4. The Labute approximate surface area is 122 Å². The van der Waals surface area contributed by atoms with Crippen molar-refractivity contribution in [1.29, 1.82) is 0 Å². The lowest BCUT2D eigenvalue weighted by atomic mass is 10.1. The first kappa shape index (κ1) is 15.5. The second kappa shape index (κ2) is 5.51. The smallest absolute Gasteiger partial charge is 0.418 e. The minimum atomic E-state index is -4.64. The zero-order valence-electron chi connectivity index (χ0n) is 11.2. The highest BCUT2D eigenvalue weighted by molar-refractivity contribution is 6.10. The van der Waals surface area contributed by atoms with Crippen molar-refractivity contribution >= 4 is 17.6 Å². The number of carboxylic acid groups (broad SMARTS) is 1. The third kappa shape index (κ3) is 2.92. The maximum atomic E-state index is 12.9. The number of benzene rings is 1. The molecule has 2 aromatic rings. The zero-order valence-corrected chi connectivity index (χ0v) is 11.2. The molecule has 22 heavy (non-hydrogen) atoms. The maximum Gasteiger partial charge on any atom is 0.418 e. The van der Waals surface area contributed by atoms with E-state index < -0.39 is 35.0 Å². The van der Waals surface area contributed by atoms with Crippen LogP contribution >= 0.6 is 0 Å². The van der Waals surface area contributed by atoms with Gasteiger partial charge in [0.15, 0.2) is 5.69 Å². The Morgan fingerprint density at radius 1 is 1.27 bits per heavy atom. The molecule has 116 valence electrons. The van der Waals surface area contributed by atoms with E-state index in [1.54, 1.807) is 0 Å². The lowest BCUT2D eigenvalue weighted by molar-refractivity contribution is -0.136. The molecule has 0 fully saturated rings. The number of carbonyl (C=O) groups is 2. The first-order chi connectivity index (χ1) is 10.2. The molecule has 1 heterocycles. The third-order valence-corrected chi connectivity index (χ3v) is 2.87. The molecule has 0 aliphatic heterocycles. The SMILES string of the molecule is Cn1ncc(C(=O)Nc2ccccc2C(F)(F)F)c1C(=O)O. The van der Waals surface area contributed by atoms with E-state index in [-0.39, 0.29) is 5.56 Å². The molecule has 2 N–H and O–H groups in total. The molecule has 0 saturated carbocycles. The van der Waals surface area contributed by atoms with Crippen LogP contribution in [0.4, 0.5) is 18.9 Å². The van der Waals surface area contributed by atoms with Crippen LogP contribution in [0.1, 0.15) is 26.4 Å². The van der Waals surface area contributed by atoms with Crippen LogP contribution in [-0.4, -0.2) is 26.8 Å². The largest absolute Gasteiger partial charge is 0.477 e. The molecule has 1 aromatic heterocycles. The monoisotopic (exact) mass is 313 g/mol. The van der Waals surface area contributed by atoms with Gasteiger partial charge in [-0.05, 0) is 12.1 Å².